The van der Waals surface area contributed by atoms with Crippen molar-refractivity contribution >= 4 is 36.8 Å². The highest BCUT2D eigenvalue weighted by Crippen LogP contribution is 2.12. The molecule has 2 unspecified atom stereocenters. The third-order valence-corrected chi connectivity index (χ3v) is 6.29. The Kier molecular flexibility index (Phi) is 6.65. The molecule has 7 heteroatoms. The SMILES string of the molecule is CC(CCNS(=O)(=O)c1ccc(CBr)cc1)S(C)=O. The quantitative estimate of drug-likeness (QED) is 0.749. The lowest BCUT2D eigenvalue weighted by Crippen LogP contribution is -2.27. The van der Waals surface area contributed by atoms with Crippen molar-refractivity contribution < 1.29 is 12.6 Å². The molecule has 1 N–H and O–H groups in total. The van der Waals surface area contributed by atoms with E-state index in [4.69, 9.17) is 0 Å². The fraction of sp³-hybridized carbons (Fsp3) is 0.500. The van der Waals surface area contributed by atoms with Crippen molar-refractivity contribution in [1.82, 2.24) is 4.72 Å². The molecule has 1 rings (SSSR count). The summed E-state index contributed by atoms with van der Waals surface area (Å²) in [6, 6.07) is 6.71. The Balaban J connectivity index is 2.62. The van der Waals surface area contributed by atoms with Crippen LogP contribution in [0.5, 0.6) is 0 Å². The minimum absolute atomic E-state index is 0.0153. The maximum absolute atomic E-state index is 12.0. The first-order valence-corrected chi connectivity index (χ1v) is 10.1. The van der Waals surface area contributed by atoms with Crippen LogP contribution in [0, 0.1) is 0 Å². The molecule has 4 nitrogen and oxygen atoms in total. The second kappa shape index (κ2) is 7.52. The van der Waals surface area contributed by atoms with Gasteiger partial charge in [-0.3, -0.25) is 4.21 Å². The van der Waals surface area contributed by atoms with E-state index in [2.05, 4.69) is 20.7 Å². The van der Waals surface area contributed by atoms with Crippen molar-refractivity contribution in [3.05, 3.63) is 29.8 Å². The smallest absolute Gasteiger partial charge is 0.240 e. The highest BCUT2D eigenvalue weighted by molar-refractivity contribution is 9.08. The predicted molar refractivity (Wildman–Crippen MR) is 82.4 cm³/mol. The van der Waals surface area contributed by atoms with Gasteiger partial charge >= 0.3 is 0 Å². The van der Waals surface area contributed by atoms with Crippen LogP contribution in [0.25, 0.3) is 0 Å². The number of alkyl halides is 1. The predicted octanol–water partition coefficient (Wildman–Crippen LogP) is 2.02. The summed E-state index contributed by atoms with van der Waals surface area (Å²) in [5, 5.41) is 0.680. The van der Waals surface area contributed by atoms with Crippen molar-refractivity contribution in [1.29, 1.82) is 0 Å². The number of benzene rings is 1. The first kappa shape index (κ1) is 16.8. The van der Waals surface area contributed by atoms with Crippen molar-refractivity contribution in [3.8, 4) is 0 Å². The summed E-state index contributed by atoms with van der Waals surface area (Å²) >= 11 is 3.31. The second-order valence-electron chi connectivity index (χ2n) is 4.27. The Bertz CT molecular complexity index is 528. The van der Waals surface area contributed by atoms with Gasteiger partial charge in [0, 0.05) is 34.2 Å². The van der Waals surface area contributed by atoms with E-state index in [0.29, 0.717) is 18.3 Å². The molecular formula is C12H18BrNO3S2. The van der Waals surface area contributed by atoms with Crippen LogP contribution < -0.4 is 4.72 Å². The summed E-state index contributed by atoms with van der Waals surface area (Å²) in [5.74, 6) is 0. The lowest BCUT2D eigenvalue weighted by molar-refractivity contribution is 0.578. The first-order chi connectivity index (χ1) is 8.86. The van der Waals surface area contributed by atoms with E-state index in [1.54, 1.807) is 30.5 Å². The van der Waals surface area contributed by atoms with Crippen LogP contribution >= 0.6 is 15.9 Å². The number of sulfonamides is 1. The Morgan fingerprint density at radius 1 is 1.32 bits per heavy atom. The van der Waals surface area contributed by atoms with Crippen molar-refractivity contribution in [2.24, 2.45) is 0 Å². The zero-order valence-electron chi connectivity index (χ0n) is 10.9. The normalized spacial score (nSPS) is 15.1. The summed E-state index contributed by atoms with van der Waals surface area (Å²) in [7, 11) is -4.40. The summed E-state index contributed by atoms with van der Waals surface area (Å²) in [6.07, 6.45) is 2.18. The standard InChI is InChI=1S/C12H18BrNO3S2/c1-10(18(2)15)7-8-14-19(16,17)12-5-3-11(9-13)4-6-12/h3-6,10,14H,7-9H2,1-2H3. The van der Waals surface area contributed by atoms with Gasteiger partial charge < -0.3 is 0 Å². The highest BCUT2D eigenvalue weighted by Gasteiger charge is 2.14. The molecule has 0 radical (unpaired) electrons. The molecule has 0 aliphatic rings. The van der Waals surface area contributed by atoms with E-state index in [1.807, 2.05) is 6.92 Å². The molecule has 0 aliphatic heterocycles. The fourth-order valence-corrected chi connectivity index (χ4v) is 3.27. The molecule has 0 fully saturated rings. The second-order valence-corrected chi connectivity index (χ2v) is 8.40. The molecule has 1 aromatic rings. The lowest BCUT2D eigenvalue weighted by Gasteiger charge is -2.10. The van der Waals surface area contributed by atoms with Gasteiger partial charge in [-0.25, -0.2) is 13.1 Å². The van der Waals surface area contributed by atoms with Crippen LogP contribution in [0.15, 0.2) is 29.2 Å². The highest BCUT2D eigenvalue weighted by atomic mass is 79.9. The average molecular weight is 368 g/mol. The molecule has 0 aliphatic carbocycles. The molecule has 2 atom stereocenters. The molecule has 1 aromatic carbocycles. The van der Waals surface area contributed by atoms with E-state index in [0.717, 1.165) is 5.56 Å². The van der Waals surface area contributed by atoms with Gasteiger partial charge in [-0.2, -0.15) is 0 Å². The number of hydrogen-bond donors (Lipinski definition) is 1. The summed E-state index contributed by atoms with van der Waals surface area (Å²) in [6.45, 7) is 2.14. The number of nitrogens with one attached hydrogen (secondary N) is 1. The Labute approximate surface area is 125 Å². The van der Waals surface area contributed by atoms with Crippen LogP contribution in [0.2, 0.25) is 0 Å². The van der Waals surface area contributed by atoms with Crippen LogP contribution in [0.4, 0.5) is 0 Å². The molecule has 0 saturated heterocycles. The average Bonchev–Trinajstić information content (AvgIpc) is 2.38. The summed E-state index contributed by atoms with van der Waals surface area (Å²) in [5.41, 5.74) is 1.02. The van der Waals surface area contributed by atoms with Crippen molar-refractivity contribution in [2.75, 3.05) is 12.8 Å². The van der Waals surface area contributed by atoms with Gasteiger partial charge in [0.15, 0.2) is 0 Å². The monoisotopic (exact) mass is 367 g/mol. The molecule has 0 spiro atoms. The Morgan fingerprint density at radius 2 is 1.89 bits per heavy atom. The van der Waals surface area contributed by atoms with Gasteiger partial charge in [-0.15, -0.1) is 0 Å². The van der Waals surface area contributed by atoms with Gasteiger partial charge in [0.1, 0.15) is 0 Å². The van der Waals surface area contributed by atoms with Gasteiger partial charge in [-0.1, -0.05) is 35.0 Å². The molecule has 0 heterocycles. The Morgan fingerprint density at radius 3 is 2.37 bits per heavy atom. The largest absolute Gasteiger partial charge is 0.260 e. The molecule has 0 aromatic heterocycles. The molecule has 19 heavy (non-hydrogen) atoms. The molecular weight excluding hydrogens is 350 g/mol. The van der Waals surface area contributed by atoms with Crippen LogP contribution in [-0.2, 0) is 26.2 Å². The lowest BCUT2D eigenvalue weighted by atomic mass is 10.2. The third-order valence-electron chi connectivity index (χ3n) is 2.80. The third kappa shape index (κ3) is 5.33. The zero-order valence-corrected chi connectivity index (χ0v) is 14.1. The molecule has 0 amide bonds. The van der Waals surface area contributed by atoms with E-state index in [9.17, 15) is 12.6 Å². The van der Waals surface area contributed by atoms with E-state index < -0.39 is 20.8 Å². The van der Waals surface area contributed by atoms with E-state index in [1.165, 1.54) is 0 Å². The topological polar surface area (TPSA) is 63.2 Å². The van der Waals surface area contributed by atoms with Gasteiger partial charge in [0.05, 0.1) is 4.90 Å². The first-order valence-electron chi connectivity index (χ1n) is 5.83. The molecule has 108 valence electrons. The van der Waals surface area contributed by atoms with Crippen LogP contribution in [0.3, 0.4) is 0 Å². The maximum Gasteiger partial charge on any atom is 0.240 e. The Hall–Kier alpha value is -0.240. The van der Waals surface area contributed by atoms with Crippen molar-refractivity contribution in [2.45, 2.75) is 28.8 Å². The van der Waals surface area contributed by atoms with E-state index in [-0.39, 0.29) is 10.1 Å². The van der Waals surface area contributed by atoms with Gasteiger partial charge in [0.25, 0.3) is 0 Å². The maximum atomic E-state index is 12.0. The molecule has 0 saturated carbocycles. The van der Waals surface area contributed by atoms with Crippen molar-refractivity contribution in [3.63, 3.8) is 0 Å². The minimum atomic E-state index is -3.47. The number of rotatable bonds is 7. The number of hydrogen-bond acceptors (Lipinski definition) is 3. The minimum Gasteiger partial charge on any atom is -0.260 e. The van der Waals surface area contributed by atoms with Gasteiger partial charge in [-0.05, 0) is 24.1 Å². The summed E-state index contributed by atoms with van der Waals surface area (Å²) < 4.78 is 37.7. The number of halogens is 1. The van der Waals surface area contributed by atoms with Crippen LogP contribution in [-0.4, -0.2) is 30.7 Å². The zero-order chi connectivity index (χ0) is 14.5. The van der Waals surface area contributed by atoms with Crippen LogP contribution in [0.1, 0.15) is 18.9 Å². The van der Waals surface area contributed by atoms with Gasteiger partial charge in [0.2, 0.25) is 10.0 Å². The summed E-state index contributed by atoms with van der Waals surface area (Å²) in [4.78, 5) is 0.252. The molecule has 0 bridgehead atoms. The fourth-order valence-electron chi connectivity index (χ4n) is 1.40. The van der Waals surface area contributed by atoms with E-state index >= 15 is 0 Å².